The molecule has 5 heteroatoms. The van der Waals surface area contributed by atoms with Crippen molar-refractivity contribution in [3.63, 3.8) is 0 Å². The molecule has 0 saturated carbocycles. The first-order chi connectivity index (χ1) is 8.77. The fourth-order valence-electron chi connectivity index (χ4n) is 2.13. The summed E-state index contributed by atoms with van der Waals surface area (Å²) < 4.78 is 6.71. The van der Waals surface area contributed by atoms with Gasteiger partial charge in [0.2, 0.25) is 0 Å². The van der Waals surface area contributed by atoms with Gasteiger partial charge in [0.25, 0.3) is 5.91 Å². The van der Waals surface area contributed by atoms with Crippen LogP contribution in [0.3, 0.4) is 0 Å². The molecule has 4 nitrogen and oxygen atoms in total. The highest BCUT2D eigenvalue weighted by atomic mass is 79.9. The lowest BCUT2D eigenvalue weighted by molar-refractivity contribution is -0.132. The molecule has 0 fully saturated rings. The molecule has 1 aliphatic rings. The lowest BCUT2D eigenvalue weighted by Crippen LogP contribution is -2.51. The Labute approximate surface area is 122 Å². The van der Waals surface area contributed by atoms with Gasteiger partial charge in [-0.25, -0.2) is 0 Å². The average molecular weight is 327 g/mol. The van der Waals surface area contributed by atoms with Crippen molar-refractivity contribution in [2.75, 3.05) is 30.4 Å². The lowest BCUT2D eigenvalue weighted by Gasteiger charge is -2.38. The zero-order valence-corrected chi connectivity index (χ0v) is 13.5. The number of hydrogen-bond donors (Lipinski definition) is 0. The Morgan fingerprint density at radius 1 is 1.42 bits per heavy atom. The van der Waals surface area contributed by atoms with Crippen LogP contribution in [0.5, 0.6) is 5.75 Å². The van der Waals surface area contributed by atoms with Gasteiger partial charge in [0.05, 0.1) is 10.2 Å². The summed E-state index contributed by atoms with van der Waals surface area (Å²) in [5.74, 6) is 0.684. The summed E-state index contributed by atoms with van der Waals surface area (Å²) in [5.41, 5.74) is 1.02. The second-order valence-electron chi connectivity index (χ2n) is 5.27. The molecule has 1 heterocycles. The van der Waals surface area contributed by atoms with Gasteiger partial charge in [-0.1, -0.05) is 0 Å². The summed E-state index contributed by atoms with van der Waals surface area (Å²) in [6, 6.07) is 4.00. The normalized spacial score (nSPS) is 16.9. The van der Waals surface area contributed by atoms with Gasteiger partial charge in [-0.15, -0.1) is 0 Å². The summed E-state index contributed by atoms with van der Waals surface area (Å²) in [5, 5.41) is 0. The van der Waals surface area contributed by atoms with Gasteiger partial charge in [-0.05, 0) is 48.8 Å². The van der Waals surface area contributed by atoms with E-state index < -0.39 is 5.60 Å². The van der Waals surface area contributed by atoms with Crippen LogP contribution in [0.25, 0.3) is 0 Å². The Balaban J connectivity index is 2.57. The van der Waals surface area contributed by atoms with Crippen molar-refractivity contribution >= 4 is 33.2 Å². The molecular formula is C14H19BrN2O2. The Bertz CT molecular complexity index is 528. The second-order valence-corrected chi connectivity index (χ2v) is 6.12. The van der Waals surface area contributed by atoms with Crippen molar-refractivity contribution in [3.05, 3.63) is 16.6 Å². The molecule has 1 aromatic carbocycles. The van der Waals surface area contributed by atoms with Crippen LogP contribution >= 0.6 is 15.9 Å². The number of nitrogens with zero attached hydrogens (tertiary/aromatic N) is 2. The zero-order chi connectivity index (χ0) is 14.4. The van der Waals surface area contributed by atoms with Crippen LogP contribution in [0.4, 0.5) is 11.4 Å². The number of halogens is 1. The van der Waals surface area contributed by atoms with Gasteiger partial charge < -0.3 is 14.5 Å². The van der Waals surface area contributed by atoms with E-state index in [-0.39, 0.29) is 5.91 Å². The second kappa shape index (κ2) is 4.71. The van der Waals surface area contributed by atoms with Crippen molar-refractivity contribution < 1.29 is 9.53 Å². The third-order valence-corrected chi connectivity index (χ3v) is 4.05. The number of rotatable bonds is 2. The molecule has 1 aliphatic heterocycles. The van der Waals surface area contributed by atoms with Crippen LogP contribution in [0, 0.1) is 0 Å². The summed E-state index contributed by atoms with van der Waals surface area (Å²) >= 11 is 3.54. The Kier molecular flexibility index (Phi) is 3.51. The molecule has 0 unspecified atom stereocenters. The minimum atomic E-state index is -0.831. The SMILES string of the molecule is CCN(C)c1cc(Br)c2c(c1)N(C)C(=O)C(C)(C)O2. The fraction of sp³-hybridized carbons (Fsp3) is 0.500. The molecule has 104 valence electrons. The molecule has 0 radical (unpaired) electrons. The molecule has 2 rings (SSSR count). The maximum absolute atomic E-state index is 12.2. The van der Waals surface area contributed by atoms with E-state index in [2.05, 4.69) is 27.8 Å². The third-order valence-electron chi connectivity index (χ3n) is 3.46. The van der Waals surface area contributed by atoms with Gasteiger partial charge in [0.15, 0.2) is 11.4 Å². The maximum Gasteiger partial charge on any atom is 0.270 e. The number of carbonyl (C=O) groups is 1. The van der Waals surface area contributed by atoms with E-state index in [1.54, 1.807) is 25.8 Å². The van der Waals surface area contributed by atoms with Gasteiger partial charge >= 0.3 is 0 Å². The van der Waals surface area contributed by atoms with E-state index in [9.17, 15) is 4.79 Å². The topological polar surface area (TPSA) is 32.8 Å². The highest BCUT2D eigenvalue weighted by Crippen LogP contribution is 2.44. The number of likely N-dealkylation sites (N-methyl/N-ethyl adjacent to an activating group) is 1. The number of ether oxygens (including phenoxy) is 1. The van der Waals surface area contributed by atoms with Gasteiger partial charge in [-0.2, -0.15) is 0 Å². The predicted octanol–water partition coefficient (Wildman–Crippen LogP) is 3.04. The molecule has 1 amide bonds. The summed E-state index contributed by atoms with van der Waals surface area (Å²) in [7, 11) is 3.80. The minimum absolute atomic E-state index is 0.0387. The fourth-order valence-corrected chi connectivity index (χ4v) is 2.65. The van der Waals surface area contributed by atoms with Crippen molar-refractivity contribution in [1.82, 2.24) is 0 Å². The smallest absolute Gasteiger partial charge is 0.270 e. The number of carbonyl (C=O) groups excluding carboxylic acids is 1. The standard InChI is InChI=1S/C14H19BrN2O2/c1-6-16(4)9-7-10(15)12-11(8-9)17(5)13(18)14(2,3)19-12/h7-8H,6H2,1-5H3. The first-order valence-electron chi connectivity index (χ1n) is 6.29. The molecule has 1 aromatic rings. The van der Waals surface area contributed by atoms with Crippen LogP contribution in [-0.2, 0) is 4.79 Å². The zero-order valence-electron chi connectivity index (χ0n) is 12.0. The molecule has 0 saturated heterocycles. The molecule has 19 heavy (non-hydrogen) atoms. The lowest BCUT2D eigenvalue weighted by atomic mass is 10.0. The Hall–Kier alpha value is -1.23. The molecule has 0 bridgehead atoms. The number of hydrogen-bond acceptors (Lipinski definition) is 3. The van der Waals surface area contributed by atoms with E-state index in [0.29, 0.717) is 0 Å². The average Bonchev–Trinajstić information content (AvgIpc) is 2.36. The van der Waals surface area contributed by atoms with Crippen molar-refractivity contribution in [2.24, 2.45) is 0 Å². The molecule has 0 spiro atoms. The molecule has 0 aliphatic carbocycles. The van der Waals surface area contributed by atoms with Crippen LogP contribution < -0.4 is 14.5 Å². The van der Waals surface area contributed by atoms with Crippen LogP contribution in [-0.4, -0.2) is 32.1 Å². The largest absolute Gasteiger partial charge is 0.475 e. The summed E-state index contributed by atoms with van der Waals surface area (Å²) in [6.45, 7) is 6.55. The number of fused-ring (bicyclic) bond motifs is 1. The van der Waals surface area contributed by atoms with E-state index in [4.69, 9.17) is 4.74 Å². The maximum atomic E-state index is 12.2. The van der Waals surface area contributed by atoms with E-state index in [0.717, 1.165) is 28.1 Å². The monoisotopic (exact) mass is 326 g/mol. The van der Waals surface area contributed by atoms with Crippen molar-refractivity contribution in [2.45, 2.75) is 26.4 Å². The van der Waals surface area contributed by atoms with Gasteiger partial charge in [0.1, 0.15) is 0 Å². The Morgan fingerprint density at radius 2 is 2.05 bits per heavy atom. The highest BCUT2D eigenvalue weighted by Gasteiger charge is 2.40. The summed E-state index contributed by atoms with van der Waals surface area (Å²) in [6.07, 6.45) is 0. The highest BCUT2D eigenvalue weighted by molar-refractivity contribution is 9.10. The van der Waals surface area contributed by atoms with Crippen LogP contribution in [0.2, 0.25) is 0 Å². The third kappa shape index (κ3) is 2.31. The number of anilines is 2. The molecule has 0 aromatic heterocycles. The van der Waals surface area contributed by atoms with E-state index >= 15 is 0 Å². The summed E-state index contributed by atoms with van der Waals surface area (Å²) in [4.78, 5) is 16.0. The van der Waals surface area contributed by atoms with Gasteiger partial charge in [0, 0.05) is 26.3 Å². The van der Waals surface area contributed by atoms with Crippen LogP contribution in [0.15, 0.2) is 16.6 Å². The van der Waals surface area contributed by atoms with Crippen LogP contribution in [0.1, 0.15) is 20.8 Å². The number of benzene rings is 1. The molecule has 0 atom stereocenters. The first kappa shape index (κ1) is 14.2. The quantitative estimate of drug-likeness (QED) is 0.837. The van der Waals surface area contributed by atoms with E-state index in [1.165, 1.54) is 0 Å². The molecular weight excluding hydrogens is 308 g/mol. The minimum Gasteiger partial charge on any atom is -0.475 e. The van der Waals surface area contributed by atoms with Crippen molar-refractivity contribution in [1.29, 1.82) is 0 Å². The number of amides is 1. The van der Waals surface area contributed by atoms with E-state index in [1.807, 2.05) is 19.2 Å². The molecule has 0 N–H and O–H groups in total. The first-order valence-corrected chi connectivity index (χ1v) is 7.09. The predicted molar refractivity (Wildman–Crippen MR) is 81.2 cm³/mol. The van der Waals surface area contributed by atoms with Gasteiger partial charge in [-0.3, -0.25) is 4.79 Å². The van der Waals surface area contributed by atoms with Crippen molar-refractivity contribution in [3.8, 4) is 5.75 Å². The Morgan fingerprint density at radius 3 is 2.63 bits per heavy atom.